The molecule has 0 bridgehead atoms. The lowest BCUT2D eigenvalue weighted by Crippen LogP contribution is -2.13. The van der Waals surface area contributed by atoms with Crippen LogP contribution in [0.4, 0.5) is 5.69 Å². The molecule has 2 N–H and O–H groups in total. The third-order valence-electron chi connectivity index (χ3n) is 2.46. The largest absolute Gasteiger partial charge is 0.480 e. The number of sulfonamides is 1. The molecule has 108 valence electrons. The molecule has 1 heterocycles. The number of nitrogens with zero attached hydrogens (tertiary/aromatic N) is 3. The van der Waals surface area contributed by atoms with E-state index in [1.54, 1.807) is 12.1 Å². The quantitative estimate of drug-likeness (QED) is 0.835. The second kappa shape index (κ2) is 5.64. The summed E-state index contributed by atoms with van der Waals surface area (Å²) in [6, 6.07) is 7.88. The lowest BCUT2D eigenvalue weighted by atomic mass is 10.2. The van der Waals surface area contributed by atoms with Crippen LogP contribution in [0.5, 0.6) is 0 Å². The predicted molar refractivity (Wildman–Crippen MR) is 71.8 cm³/mol. The van der Waals surface area contributed by atoms with Gasteiger partial charge < -0.3 is 5.11 Å². The van der Waals surface area contributed by atoms with Crippen molar-refractivity contribution in [3.63, 3.8) is 0 Å². The van der Waals surface area contributed by atoms with Gasteiger partial charge in [0.15, 0.2) is 0 Å². The number of anilines is 1. The maximum atomic E-state index is 12.1. The van der Waals surface area contributed by atoms with Gasteiger partial charge in [-0.1, -0.05) is 6.07 Å². The molecule has 0 radical (unpaired) electrons. The number of nitrogens with one attached hydrogen (secondary N) is 1. The monoisotopic (exact) mass is 306 g/mol. The summed E-state index contributed by atoms with van der Waals surface area (Å²) in [5, 5.41) is 21.0. The van der Waals surface area contributed by atoms with E-state index in [0.29, 0.717) is 5.56 Å². The van der Waals surface area contributed by atoms with Gasteiger partial charge in [0.2, 0.25) is 0 Å². The first-order valence-corrected chi connectivity index (χ1v) is 7.16. The van der Waals surface area contributed by atoms with Gasteiger partial charge in [0.05, 0.1) is 23.5 Å². The number of carbonyl (C=O) groups is 1. The number of aromatic nitrogens is 2. The van der Waals surface area contributed by atoms with Crippen molar-refractivity contribution in [3.05, 3.63) is 42.2 Å². The molecule has 2 aromatic rings. The van der Waals surface area contributed by atoms with Crippen LogP contribution in [0.25, 0.3) is 0 Å². The van der Waals surface area contributed by atoms with Gasteiger partial charge in [-0.3, -0.25) is 14.2 Å². The maximum Gasteiger partial charge on any atom is 0.325 e. The van der Waals surface area contributed by atoms with Crippen molar-refractivity contribution in [2.24, 2.45) is 0 Å². The van der Waals surface area contributed by atoms with Crippen LogP contribution in [0.15, 0.2) is 41.6 Å². The summed E-state index contributed by atoms with van der Waals surface area (Å²) in [4.78, 5) is 10.4. The van der Waals surface area contributed by atoms with E-state index >= 15 is 0 Å². The molecule has 0 saturated carbocycles. The number of rotatable bonds is 5. The first kappa shape index (κ1) is 14.5. The Kier molecular flexibility index (Phi) is 3.91. The minimum absolute atomic E-state index is 0.161. The molecule has 0 fully saturated rings. The van der Waals surface area contributed by atoms with E-state index in [4.69, 9.17) is 10.4 Å². The fourth-order valence-electron chi connectivity index (χ4n) is 1.57. The minimum Gasteiger partial charge on any atom is -0.480 e. The number of nitriles is 1. The van der Waals surface area contributed by atoms with E-state index in [0.717, 1.165) is 17.1 Å². The zero-order chi connectivity index (χ0) is 15.5. The normalized spacial score (nSPS) is 10.8. The minimum atomic E-state index is -3.89. The lowest BCUT2D eigenvalue weighted by Gasteiger charge is -2.05. The molecule has 0 aliphatic carbocycles. The maximum absolute atomic E-state index is 12.1. The summed E-state index contributed by atoms with van der Waals surface area (Å²) < 4.78 is 27.5. The highest BCUT2D eigenvalue weighted by atomic mass is 32.2. The lowest BCUT2D eigenvalue weighted by molar-refractivity contribution is -0.137. The van der Waals surface area contributed by atoms with Crippen molar-refractivity contribution in [2.75, 3.05) is 4.72 Å². The van der Waals surface area contributed by atoms with Gasteiger partial charge in [-0.25, -0.2) is 8.42 Å². The van der Waals surface area contributed by atoms with E-state index < -0.39 is 22.5 Å². The molecule has 2 rings (SSSR count). The number of hydrogen-bond donors (Lipinski definition) is 2. The molecule has 0 aliphatic heterocycles. The molecule has 1 aromatic heterocycles. The standard InChI is InChI=1S/C12H10N4O4S/c13-5-9-2-1-3-10(4-9)15-21(19,20)11-6-14-16(7-11)8-12(17)18/h1-4,6-7,15H,8H2,(H,17,18). The summed E-state index contributed by atoms with van der Waals surface area (Å²) in [7, 11) is -3.89. The molecular weight excluding hydrogens is 296 g/mol. The number of benzene rings is 1. The van der Waals surface area contributed by atoms with Gasteiger partial charge in [0, 0.05) is 6.20 Å². The van der Waals surface area contributed by atoms with Gasteiger partial charge in [-0.2, -0.15) is 10.4 Å². The average Bonchev–Trinajstić information content (AvgIpc) is 2.87. The van der Waals surface area contributed by atoms with Crippen LogP contribution in [0.3, 0.4) is 0 Å². The Hall–Kier alpha value is -2.86. The Morgan fingerprint density at radius 1 is 1.48 bits per heavy atom. The fraction of sp³-hybridized carbons (Fsp3) is 0.0833. The van der Waals surface area contributed by atoms with Crippen molar-refractivity contribution in [3.8, 4) is 6.07 Å². The summed E-state index contributed by atoms with van der Waals surface area (Å²) in [6.07, 6.45) is 2.17. The Balaban J connectivity index is 2.23. The van der Waals surface area contributed by atoms with E-state index in [-0.39, 0.29) is 10.6 Å². The highest BCUT2D eigenvalue weighted by Crippen LogP contribution is 2.16. The molecule has 0 amide bonds. The average molecular weight is 306 g/mol. The molecule has 9 heteroatoms. The zero-order valence-corrected chi connectivity index (χ0v) is 11.4. The summed E-state index contributed by atoms with van der Waals surface area (Å²) in [5.74, 6) is -1.13. The fourth-order valence-corrected chi connectivity index (χ4v) is 2.58. The SMILES string of the molecule is N#Cc1cccc(NS(=O)(=O)c2cnn(CC(=O)O)c2)c1. The van der Waals surface area contributed by atoms with Gasteiger partial charge in [-0.05, 0) is 18.2 Å². The van der Waals surface area contributed by atoms with Crippen LogP contribution in [0, 0.1) is 11.3 Å². The second-order valence-corrected chi connectivity index (χ2v) is 5.75. The Morgan fingerprint density at radius 3 is 2.90 bits per heavy atom. The van der Waals surface area contributed by atoms with Crippen molar-refractivity contribution >= 4 is 21.7 Å². The number of carboxylic acid groups (broad SMARTS) is 1. The number of carboxylic acids is 1. The van der Waals surface area contributed by atoms with Gasteiger partial charge in [0.25, 0.3) is 10.0 Å². The smallest absolute Gasteiger partial charge is 0.325 e. The zero-order valence-electron chi connectivity index (χ0n) is 10.6. The van der Waals surface area contributed by atoms with Crippen molar-refractivity contribution in [1.82, 2.24) is 9.78 Å². The van der Waals surface area contributed by atoms with Crippen molar-refractivity contribution in [2.45, 2.75) is 11.4 Å². The van der Waals surface area contributed by atoms with Crippen molar-refractivity contribution in [1.29, 1.82) is 5.26 Å². The molecule has 8 nitrogen and oxygen atoms in total. The summed E-state index contributed by atoms with van der Waals surface area (Å²) in [5.41, 5.74) is 0.553. The van der Waals surface area contributed by atoms with Gasteiger partial charge in [-0.15, -0.1) is 0 Å². The molecule has 0 atom stereocenters. The summed E-state index contributed by atoms with van der Waals surface area (Å²) >= 11 is 0. The molecule has 0 spiro atoms. The summed E-state index contributed by atoms with van der Waals surface area (Å²) in [6.45, 7) is -0.431. The van der Waals surface area contributed by atoms with Crippen LogP contribution in [-0.2, 0) is 21.4 Å². The first-order chi connectivity index (χ1) is 9.90. The van der Waals surface area contributed by atoms with E-state index in [2.05, 4.69) is 9.82 Å². The van der Waals surface area contributed by atoms with Gasteiger partial charge >= 0.3 is 5.97 Å². The molecule has 0 unspecified atom stereocenters. The van der Waals surface area contributed by atoms with Crippen LogP contribution >= 0.6 is 0 Å². The Bertz CT molecular complexity index is 820. The number of hydrogen-bond acceptors (Lipinski definition) is 5. The molecule has 0 aliphatic rings. The Morgan fingerprint density at radius 2 is 2.24 bits per heavy atom. The van der Waals surface area contributed by atoms with E-state index in [1.165, 1.54) is 12.1 Å². The third-order valence-corrected chi connectivity index (χ3v) is 3.80. The highest BCUT2D eigenvalue weighted by molar-refractivity contribution is 7.92. The first-order valence-electron chi connectivity index (χ1n) is 5.68. The topological polar surface area (TPSA) is 125 Å². The van der Waals surface area contributed by atoms with Crippen LogP contribution in [0.1, 0.15) is 5.56 Å². The van der Waals surface area contributed by atoms with E-state index in [1.807, 2.05) is 6.07 Å². The highest BCUT2D eigenvalue weighted by Gasteiger charge is 2.17. The van der Waals surface area contributed by atoms with E-state index in [9.17, 15) is 13.2 Å². The van der Waals surface area contributed by atoms with Crippen LogP contribution in [-0.4, -0.2) is 29.3 Å². The Labute approximate surface area is 120 Å². The van der Waals surface area contributed by atoms with Crippen LogP contribution < -0.4 is 4.72 Å². The molecular formula is C12H10N4O4S. The molecule has 0 saturated heterocycles. The van der Waals surface area contributed by atoms with Gasteiger partial charge in [0.1, 0.15) is 11.4 Å². The molecule has 21 heavy (non-hydrogen) atoms. The number of aliphatic carboxylic acids is 1. The molecule has 1 aromatic carbocycles. The van der Waals surface area contributed by atoms with Crippen molar-refractivity contribution < 1.29 is 18.3 Å². The predicted octanol–water partition coefficient (Wildman–Crippen LogP) is 0.640. The third kappa shape index (κ3) is 3.58. The van der Waals surface area contributed by atoms with Crippen LogP contribution in [0.2, 0.25) is 0 Å². The second-order valence-electron chi connectivity index (χ2n) is 4.07.